The van der Waals surface area contributed by atoms with Gasteiger partial charge in [-0.25, -0.2) is 0 Å². The summed E-state index contributed by atoms with van der Waals surface area (Å²) >= 11 is 5.81. The highest BCUT2D eigenvalue weighted by Crippen LogP contribution is 2.23. The van der Waals surface area contributed by atoms with Crippen LogP contribution in [0.1, 0.15) is 12.0 Å². The maximum Gasteiger partial charge on any atom is 0.307 e. The van der Waals surface area contributed by atoms with E-state index >= 15 is 0 Å². The van der Waals surface area contributed by atoms with E-state index in [1.807, 2.05) is 0 Å². The summed E-state index contributed by atoms with van der Waals surface area (Å²) in [5.41, 5.74) is 0.770. The molecule has 3 nitrogen and oxygen atoms in total. The Bertz CT molecular complexity index is 385. The molecule has 0 aliphatic heterocycles. The van der Waals surface area contributed by atoms with Crippen LogP contribution in [0.2, 0.25) is 5.02 Å². The van der Waals surface area contributed by atoms with Crippen molar-refractivity contribution in [2.24, 2.45) is 0 Å². The van der Waals surface area contributed by atoms with E-state index in [9.17, 15) is 4.79 Å². The van der Waals surface area contributed by atoms with Crippen LogP contribution in [0.4, 0.5) is 0 Å². The smallest absolute Gasteiger partial charge is 0.307 e. The van der Waals surface area contributed by atoms with Crippen molar-refractivity contribution in [3.05, 3.63) is 34.9 Å². The van der Waals surface area contributed by atoms with E-state index in [1.165, 1.54) is 0 Å². The summed E-state index contributed by atoms with van der Waals surface area (Å²) < 4.78 is 5.10. The van der Waals surface area contributed by atoms with Crippen LogP contribution >= 0.6 is 11.6 Å². The number of carbonyl (C=O) groups is 1. The maximum atomic E-state index is 10.3. The minimum absolute atomic E-state index is 0.0182. The predicted octanol–water partition coefficient (Wildman–Crippen LogP) is 2.84. The number of hydrogen-bond acceptors (Lipinski definition) is 2. The number of benzene rings is 1. The van der Waals surface area contributed by atoms with Crippen molar-refractivity contribution < 1.29 is 14.6 Å². The lowest BCUT2D eigenvalue weighted by Gasteiger charge is -2.04. The number of aliphatic carboxylic acids is 1. The maximum absolute atomic E-state index is 10.3. The molecule has 1 N–H and O–H groups in total. The lowest BCUT2D eigenvalue weighted by molar-refractivity contribution is -0.135. The first-order valence-electron chi connectivity index (χ1n) is 4.35. The second-order valence-electron chi connectivity index (χ2n) is 2.89. The van der Waals surface area contributed by atoms with E-state index in [1.54, 1.807) is 37.5 Å². The fraction of sp³-hybridized carbons (Fsp3) is 0.182. The molecule has 1 rings (SSSR count). The van der Waals surface area contributed by atoms with E-state index in [4.69, 9.17) is 21.4 Å². The molecule has 4 heteroatoms. The molecule has 0 spiro atoms. The number of hydrogen-bond donors (Lipinski definition) is 1. The Morgan fingerprint density at radius 3 is 2.93 bits per heavy atom. The fourth-order valence-electron chi connectivity index (χ4n) is 1.12. The van der Waals surface area contributed by atoms with Gasteiger partial charge in [0.15, 0.2) is 0 Å². The third-order valence-electron chi connectivity index (χ3n) is 1.78. The molecule has 0 amide bonds. The van der Waals surface area contributed by atoms with Gasteiger partial charge in [0.1, 0.15) is 5.75 Å². The molecule has 0 aliphatic rings. The van der Waals surface area contributed by atoms with Gasteiger partial charge in [0.25, 0.3) is 0 Å². The zero-order valence-corrected chi connectivity index (χ0v) is 8.99. The summed E-state index contributed by atoms with van der Waals surface area (Å²) in [7, 11) is 1.55. The highest BCUT2D eigenvalue weighted by Gasteiger charge is 2.00. The number of methoxy groups -OCH3 is 1. The molecule has 1 aromatic carbocycles. The van der Waals surface area contributed by atoms with Crippen LogP contribution < -0.4 is 4.74 Å². The number of carboxylic acids is 1. The molecular weight excluding hydrogens is 216 g/mol. The second kappa shape index (κ2) is 5.41. The zero-order chi connectivity index (χ0) is 11.3. The Morgan fingerprint density at radius 2 is 2.33 bits per heavy atom. The predicted molar refractivity (Wildman–Crippen MR) is 59.3 cm³/mol. The fourth-order valence-corrected chi connectivity index (χ4v) is 1.30. The molecule has 1 aromatic rings. The van der Waals surface area contributed by atoms with Gasteiger partial charge in [-0.05, 0) is 18.2 Å². The van der Waals surface area contributed by atoms with Gasteiger partial charge in [0.2, 0.25) is 0 Å². The highest BCUT2D eigenvalue weighted by molar-refractivity contribution is 6.30. The summed E-state index contributed by atoms with van der Waals surface area (Å²) in [6.45, 7) is 0. The SMILES string of the molecule is COc1ccc(Cl)cc1/C=C/CC(=O)O. The molecule has 0 saturated carbocycles. The van der Waals surface area contributed by atoms with Crippen molar-refractivity contribution in [3.8, 4) is 5.75 Å². The van der Waals surface area contributed by atoms with E-state index in [-0.39, 0.29) is 6.42 Å². The van der Waals surface area contributed by atoms with E-state index in [0.717, 1.165) is 5.56 Å². The highest BCUT2D eigenvalue weighted by atomic mass is 35.5. The van der Waals surface area contributed by atoms with Gasteiger partial charge in [0, 0.05) is 10.6 Å². The van der Waals surface area contributed by atoms with E-state index in [0.29, 0.717) is 10.8 Å². The zero-order valence-electron chi connectivity index (χ0n) is 8.24. The number of rotatable bonds is 4. The first kappa shape index (κ1) is 11.6. The van der Waals surface area contributed by atoms with Crippen LogP contribution in [-0.4, -0.2) is 18.2 Å². The topological polar surface area (TPSA) is 46.5 Å². The van der Waals surface area contributed by atoms with Crippen LogP contribution in [0.15, 0.2) is 24.3 Å². The largest absolute Gasteiger partial charge is 0.496 e. The molecule has 0 radical (unpaired) electrons. The van der Waals surface area contributed by atoms with Gasteiger partial charge in [-0.3, -0.25) is 4.79 Å². The van der Waals surface area contributed by atoms with Gasteiger partial charge in [-0.15, -0.1) is 0 Å². The normalized spacial score (nSPS) is 10.5. The Balaban J connectivity index is 2.87. The summed E-state index contributed by atoms with van der Waals surface area (Å²) in [6.07, 6.45) is 3.21. The molecule has 0 fully saturated rings. The number of halogens is 1. The molecule has 80 valence electrons. The van der Waals surface area contributed by atoms with E-state index in [2.05, 4.69) is 0 Å². The summed E-state index contributed by atoms with van der Waals surface area (Å²) in [6, 6.07) is 5.18. The van der Waals surface area contributed by atoms with Crippen molar-refractivity contribution in [1.82, 2.24) is 0 Å². The number of carboxylic acid groups (broad SMARTS) is 1. The third-order valence-corrected chi connectivity index (χ3v) is 2.02. The molecule has 0 unspecified atom stereocenters. The van der Waals surface area contributed by atoms with Crippen LogP contribution in [0, 0.1) is 0 Å². The van der Waals surface area contributed by atoms with Crippen LogP contribution in [-0.2, 0) is 4.79 Å². The number of ether oxygens (including phenoxy) is 1. The van der Waals surface area contributed by atoms with Crippen molar-refractivity contribution in [1.29, 1.82) is 0 Å². The first-order valence-corrected chi connectivity index (χ1v) is 4.73. The lowest BCUT2D eigenvalue weighted by Crippen LogP contribution is -1.90. The minimum Gasteiger partial charge on any atom is -0.496 e. The summed E-state index contributed by atoms with van der Waals surface area (Å²) in [5, 5.41) is 9.05. The molecule has 0 aromatic heterocycles. The molecule has 15 heavy (non-hydrogen) atoms. The van der Waals surface area contributed by atoms with Crippen molar-refractivity contribution in [2.45, 2.75) is 6.42 Å². The van der Waals surface area contributed by atoms with Gasteiger partial charge in [0.05, 0.1) is 13.5 Å². The molecule has 0 heterocycles. The van der Waals surface area contributed by atoms with Crippen LogP contribution in [0.25, 0.3) is 6.08 Å². The van der Waals surface area contributed by atoms with Gasteiger partial charge in [-0.1, -0.05) is 23.8 Å². The second-order valence-corrected chi connectivity index (χ2v) is 3.32. The Labute approximate surface area is 92.9 Å². The van der Waals surface area contributed by atoms with Crippen LogP contribution in [0.3, 0.4) is 0 Å². The molecule has 0 aliphatic carbocycles. The monoisotopic (exact) mass is 226 g/mol. The van der Waals surface area contributed by atoms with Crippen molar-refractivity contribution >= 4 is 23.6 Å². The van der Waals surface area contributed by atoms with Gasteiger partial charge >= 0.3 is 5.97 Å². The average molecular weight is 227 g/mol. The van der Waals surface area contributed by atoms with Crippen molar-refractivity contribution in [2.75, 3.05) is 7.11 Å². The minimum atomic E-state index is -0.868. The summed E-state index contributed by atoms with van der Waals surface area (Å²) in [5.74, 6) is -0.201. The lowest BCUT2D eigenvalue weighted by atomic mass is 10.2. The third kappa shape index (κ3) is 3.64. The Morgan fingerprint density at radius 1 is 1.60 bits per heavy atom. The Kier molecular flexibility index (Phi) is 4.18. The van der Waals surface area contributed by atoms with Gasteiger partial charge in [-0.2, -0.15) is 0 Å². The quantitative estimate of drug-likeness (QED) is 0.859. The van der Waals surface area contributed by atoms with Crippen LogP contribution in [0.5, 0.6) is 5.75 Å². The Hall–Kier alpha value is -1.48. The molecule has 0 saturated heterocycles. The van der Waals surface area contributed by atoms with Gasteiger partial charge < -0.3 is 9.84 Å². The average Bonchev–Trinajstić information content (AvgIpc) is 2.17. The summed E-state index contributed by atoms with van der Waals surface area (Å²) in [4.78, 5) is 10.3. The van der Waals surface area contributed by atoms with E-state index < -0.39 is 5.97 Å². The van der Waals surface area contributed by atoms with Crippen molar-refractivity contribution in [3.63, 3.8) is 0 Å². The standard InChI is InChI=1S/C11H11ClO3/c1-15-10-6-5-9(12)7-8(10)3-2-4-11(13)14/h2-3,5-7H,4H2,1H3,(H,13,14)/b3-2+. The molecule has 0 atom stereocenters. The first-order chi connectivity index (χ1) is 7.13. The molecule has 0 bridgehead atoms. The molecular formula is C11H11ClO3.